The summed E-state index contributed by atoms with van der Waals surface area (Å²) in [5, 5.41) is 9.03. The van der Waals surface area contributed by atoms with Gasteiger partial charge in [0.15, 0.2) is 0 Å². The average Bonchev–Trinajstić information content (AvgIpc) is 2.91. The van der Waals surface area contributed by atoms with Crippen LogP contribution in [-0.4, -0.2) is 36.9 Å². The first-order valence-corrected chi connectivity index (χ1v) is 6.46. The minimum absolute atomic E-state index is 0.387. The molecule has 4 heteroatoms. The lowest BCUT2D eigenvalue weighted by Crippen LogP contribution is -2.39. The molecule has 1 fully saturated rings. The Morgan fingerprint density at radius 1 is 1.44 bits per heavy atom. The van der Waals surface area contributed by atoms with Crippen molar-refractivity contribution in [1.29, 1.82) is 0 Å². The van der Waals surface area contributed by atoms with Crippen LogP contribution in [0.5, 0.6) is 0 Å². The van der Waals surface area contributed by atoms with Crippen LogP contribution < -0.4 is 4.90 Å². The molecule has 0 amide bonds. The number of aromatic carboxylic acids is 1. The van der Waals surface area contributed by atoms with Gasteiger partial charge in [0.1, 0.15) is 0 Å². The Hall–Kier alpha value is -1.55. The minimum atomic E-state index is -0.848. The number of ether oxygens (including phenoxy) is 1. The Balaban J connectivity index is 1.93. The largest absolute Gasteiger partial charge is 0.478 e. The van der Waals surface area contributed by atoms with E-state index < -0.39 is 5.97 Å². The molecule has 1 N–H and O–H groups in total. The third-order valence-electron chi connectivity index (χ3n) is 3.83. The van der Waals surface area contributed by atoms with Gasteiger partial charge in [0, 0.05) is 18.8 Å². The van der Waals surface area contributed by atoms with Gasteiger partial charge in [0.05, 0.1) is 18.2 Å². The van der Waals surface area contributed by atoms with Crippen LogP contribution >= 0.6 is 0 Å². The Labute approximate surface area is 106 Å². The average molecular weight is 247 g/mol. The molecule has 1 aromatic rings. The molecule has 2 heterocycles. The van der Waals surface area contributed by atoms with Gasteiger partial charge in [-0.3, -0.25) is 0 Å². The van der Waals surface area contributed by atoms with Crippen molar-refractivity contribution >= 4 is 11.7 Å². The molecular weight excluding hydrogens is 230 g/mol. The molecule has 1 saturated heterocycles. The lowest BCUT2D eigenvalue weighted by Gasteiger charge is -2.35. The van der Waals surface area contributed by atoms with Crippen molar-refractivity contribution in [3.05, 3.63) is 29.3 Å². The highest BCUT2D eigenvalue weighted by molar-refractivity contribution is 5.88. The van der Waals surface area contributed by atoms with Gasteiger partial charge in [0.25, 0.3) is 0 Å². The van der Waals surface area contributed by atoms with Crippen LogP contribution in [0, 0.1) is 0 Å². The fourth-order valence-electron chi connectivity index (χ4n) is 2.91. The zero-order valence-electron chi connectivity index (χ0n) is 10.3. The van der Waals surface area contributed by atoms with Gasteiger partial charge in [-0.25, -0.2) is 4.79 Å². The maximum Gasteiger partial charge on any atom is 0.335 e. The molecule has 0 saturated carbocycles. The summed E-state index contributed by atoms with van der Waals surface area (Å²) in [6.45, 7) is 2.68. The van der Waals surface area contributed by atoms with E-state index in [0.717, 1.165) is 44.6 Å². The Morgan fingerprint density at radius 2 is 2.33 bits per heavy atom. The van der Waals surface area contributed by atoms with Gasteiger partial charge < -0.3 is 14.7 Å². The molecule has 1 atom stereocenters. The van der Waals surface area contributed by atoms with Crippen LogP contribution in [0.2, 0.25) is 0 Å². The number of carboxylic acid groups (broad SMARTS) is 1. The van der Waals surface area contributed by atoms with Crippen molar-refractivity contribution in [2.24, 2.45) is 0 Å². The summed E-state index contributed by atoms with van der Waals surface area (Å²) in [6, 6.07) is 5.94. The second-order valence-electron chi connectivity index (χ2n) is 4.96. The van der Waals surface area contributed by atoms with Crippen LogP contribution in [0.15, 0.2) is 18.2 Å². The third kappa shape index (κ3) is 1.97. The molecule has 96 valence electrons. The quantitative estimate of drug-likeness (QED) is 0.867. The highest BCUT2D eigenvalue weighted by atomic mass is 16.5. The number of hydrogen-bond acceptors (Lipinski definition) is 3. The molecule has 0 aromatic heterocycles. The summed E-state index contributed by atoms with van der Waals surface area (Å²) < 4.78 is 5.45. The van der Waals surface area contributed by atoms with Crippen molar-refractivity contribution in [2.75, 3.05) is 24.7 Å². The van der Waals surface area contributed by atoms with E-state index in [1.807, 2.05) is 12.1 Å². The molecule has 2 aliphatic heterocycles. The number of benzene rings is 1. The summed E-state index contributed by atoms with van der Waals surface area (Å²) in [5.41, 5.74) is 2.74. The lowest BCUT2D eigenvalue weighted by atomic mass is 9.97. The highest BCUT2D eigenvalue weighted by Crippen LogP contribution is 2.31. The summed E-state index contributed by atoms with van der Waals surface area (Å²) in [6.07, 6.45) is 3.13. The SMILES string of the molecule is O=C(O)c1ccc2c(c1)CCCN2C1CCOC1. The second-order valence-corrected chi connectivity index (χ2v) is 4.96. The van der Waals surface area contributed by atoms with E-state index in [4.69, 9.17) is 9.84 Å². The van der Waals surface area contributed by atoms with Gasteiger partial charge in [-0.2, -0.15) is 0 Å². The van der Waals surface area contributed by atoms with Crippen molar-refractivity contribution in [3.63, 3.8) is 0 Å². The summed E-state index contributed by atoms with van der Waals surface area (Å²) in [7, 11) is 0. The van der Waals surface area contributed by atoms with Crippen molar-refractivity contribution in [3.8, 4) is 0 Å². The highest BCUT2D eigenvalue weighted by Gasteiger charge is 2.27. The first kappa shape index (κ1) is 11.5. The molecule has 18 heavy (non-hydrogen) atoms. The van der Waals surface area contributed by atoms with Crippen molar-refractivity contribution in [1.82, 2.24) is 0 Å². The summed E-state index contributed by atoms with van der Waals surface area (Å²) in [5.74, 6) is -0.848. The normalized spacial score (nSPS) is 22.9. The van der Waals surface area contributed by atoms with E-state index in [1.54, 1.807) is 6.07 Å². The fourth-order valence-corrected chi connectivity index (χ4v) is 2.91. The van der Waals surface area contributed by atoms with E-state index in [-0.39, 0.29) is 0 Å². The molecular formula is C14H17NO3. The monoisotopic (exact) mass is 247 g/mol. The van der Waals surface area contributed by atoms with Gasteiger partial charge in [-0.05, 0) is 43.0 Å². The number of carboxylic acids is 1. The number of nitrogens with zero attached hydrogens (tertiary/aromatic N) is 1. The van der Waals surface area contributed by atoms with Crippen molar-refractivity contribution < 1.29 is 14.6 Å². The number of aryl methyl sites for hydroxylation is 1. The predicted octanol–water partition coefficient (Wildman–Crippen LogP) is 1.93. The number of rotatable bonds is 2. The minimum Gasteiger partial charge on any atom is -0.478 e. The standard InChI is InChI=1S/C14H17NO3/c16-14(17)11-3-4-13-10(8-11)2-1-6-15(13)12-5-7-18-9-12/h3-4,8,12H,1-2,5-7,9H2,(H,16,17). The molecule has 4 nitrogen and oxygen atoms in total. The van der Waals surface area contributed by atoms with Crippen molar-refractivity contribution in [2.45, 2.75) is 25.3 Å². The third-order valence-corrected chi connectivity index (χ3v) is 3.83. The Morgan fingerprint density at radius 3 is 3.06 bits per heavy atom. The molecule has 0 aliphatic carbocycles. The summed E-state index contributed by atoms with van der Waals surface area (Å²) in [4.78, 5) is 13.4. The second kappa shape index (κ2) is 4.61. The van der Waals surface area contributed by atoms with Gasteiger partial charge in [0.2, 0.25) is 0 Å². The van der Waals surface area contributed by atoms with E-state index in [9.17, 15) is 4.79 Å². The van der Waals surface area contributed by atoms with Gasteiger partial charge in [-0.15, -0.1) is 0 Å². The van der Waals surface area contributed by atoms with Crippen LogP contribution in [0.4, 0.5) is 5.69 Å². The van der Waals surface area contributed by atoms with E-state index in [1.165, 1.54) is 5.69 Å². The number of fused-ring (bicyclic) bond motifs is 1. The van der Waals surface area contributed by atoms with Crippen LogP contribution in [0.25, 0.3) is 0 Å². The molecule has 0 bridgehead atoms. The zero-order valence-corrected chi connectivity index (χ0v) is 10.3. The molecule has 1 unspecified atom stereocenters. The zero-order chi connectivity index (χ0) is 12.5. The number of carbonyl (C=O) groups is 1. The smallest absolute Gasteiger partial charge is 0.335 e. The van der Waals surface area contributed by atoms with E-state index >= 15 is 0 Å². The molecule has 0 radical (unpaired) electrons. The Kier molecular flexibility index (Phi) is 2.96. The van der Waals surface area contributed by atoms with Crippen LogP contribution in [0.3, 0.4) is 0 Å². The van der Waals surface area contributed by atoms with Gasteiger partial charge >= 0.3 is 5.97 Å². The maximum absolute atomic E-state index is 11.0. The molecule has 1 aromatic carbocycles. The van der Waals surface area contributed by atoms with Crippen LogP contribution in [0.1, 0.15) is 28.8 Å². The number of hydrogen-bond donors (Lipinski definition) is 1. The summed E-state index contributed by atoms with van der Waals surface area (Å²) >= 11 is 0. The lowest BCUT2D eigenvalue weighted by molar-refractivity contribution is 0.0696. The van der Waals surface area contributed by atoms with E-state index in [0.29, 0.717) is 11.6 Å². The Bertz CT molecular complexity index is 466. The van der Waals surface area contributed by atoms with Gasteiger partial charge in [-0.1, -0.05) is 0 Å². The topological polar surface area (TPSA) is 49.8 Å². The predicted molar refractivity (Wildman–Crippen MR) is 68.3 cm³/mol. The number of anilines is 1. The molecule has 2 aliphatic rings. The molecule has 0 spiro atoms. The first-order chi connectivity index (χ1) is 8.75. The first-order valence-electron chi connectivity index (χ1n) is 6.46. The molecule has 3 rings (SSSR count). The maximum atomic E-state index is 11.0. The van der Waals surface area contributed by atoms with E-state index in [2.05, 4.69) is 4.90 Å². The fraction of sp³-hybridized carbons (Fsp3) is 0.500. The van der Waals surface area contributed by atoms with Crippen LogP contribution in [-0.2, 0) is 11.2 Å².